The van der Waals surface area contributed by atoms with E-state index in [0.717, 1.165) is 54.8 Å². The number of para-hydroxylation sites is 2. The van der Waals surface area contributed by atoms with E-state index in [-0.39, 0.29) is 11.3 Å². The summed E-state index contributed by atoms with van der Waals surface area (Å²) in [6.45, 7) is 3.39. The second-order valence-electron chi connectivity index (χ2n) is 7.65. The molecule has 5 rings (SSSR count). The topological polar surface area (TPSA) is 71.9 Å². The minimum Gasteiger partial charge on any atom is -0.336 e. The van der Waals surface area contributed by atoms with E-state index in [9.17, 15) is 4.79 Å². The first kappa shape index (κ1) is 16.3. The van der Waals surface area contributed by atoms with Crippen LogP contribution in [0.3, 0.4) is 0 Å². The van der Waals surface area contributed by atoms with E-state index in [1.54, 1.807) is 6.20 Å². The number of rotatable bonds is 1. The number of fused-ring (bicyclic) bond motifs is 3. The number of hydrogen-bond donors (Lipinski definition) is 0. The minimum atomic E-state index is -0.0405. The molecule has 2 aromatic heterocycles. The lowest BCUT2D eigenvalue weighted by molar-refractivity contribution is 0.0627. The number of carbonyl (C=O) groups excluding carboxylic acids is 1. The quantitative estimate of drug-likeness (QED) is 0.668. The SMILES string of the molecule is Cc1ncc2c(n1)C1(CCCN(C(=O)c3cnc4ccccc4n3)C1)CC2. The monoisotopic (exact) mass is 359 g/mol. The maximum atomic E-state index is 13.2. The molecule has 6 nitrogen and oxygen atoms in total. The predicted octanol–water partition coefficient (Wildman–Crippen LogP) is 2.85. The van der Waals surface area contributed by atoms with E-state index in [1.165, 1.54) is 5.56 Å². The molecule has 1 aromatic carbocycles. The highest BCUT2D eigenvalue weighted by Crippen LogP contribution is 2.44. The average molecular weight is 359 g/mol. The number of aromatic nitrogens is 4. The summed E-state index contributed by atoms with van der Waals surface area (Å²) >= 11 is 0. The van der Waals surface area contributed by atoms with Crippen molar-refractivity contribution in [1.29, 1.82) is 0 Å². The van der Waals surface area contributed by atoms with Crippen LogP contribution in [0.5, 0.6) is 0 Å². The molecule has 0 N–H and O–H groups in total. The zero-order chi connectivity index (χ0) is 18.4. The molecule has 1 aliphatic heterocycles. The molecule has 1 spiro atoms. The molecule has 2 aliphatic rings. The molecule has 3 aromatic rings. The van der Waals surface area contributed by atoms with Gasteiger partial charge < -0.3 is 4.90 Å². The average Bonchev–Trinajstić information content (AvgIpc) is 3.04. The minimum absolute atomic E-state index is 0.0356. The molecular formula is C21H21N5O. The second-order valence-corrected chi connectivity index (χ2v) is 7.65. The molecule has 1 saturated heterocycles. The number of hydrogen-bond acceptors (Lipinski definition) is 5. The number of nitrogens with zero attached hydrogens (tertiary/aromatic N) is 5. The predicted molar refractivity (Wildman–Crippen MR) is 101 cm³/mol. The van der Waals surface area contributed by atoms with Crippen molar-refractivity contribution in [2.75, 3.05) is 13.1 Å². The van der Waals surface area contributed by atoms with Crippen LogP contribution in [0.4, 0.5) is 0 Å². The van der Waals surface area contributed by atoms with Crippen molar-refractivity contribution in [3.05, 3.63) is 59.4 Å². The normalized spacial score (nSPS) is 21.6. The smallest absolute Gasteiger partial charge is 0.274 e. The summed E-state index contributed by atoms with van der Waals surface area (Å²) < 4.78 is 0. The molecule has 3 heterocycles. The second kappa shape index (κ2) is 6.08. The Balaban J connectivity index is 1.46. The number of benzene rings is 1. The van der Waals surface area contributed by atoms with Gasteiger partial charge in [-0.1, -0.05) is 12.1 Å². The first-order valence-corrected chi connectivity index (χ1v) is 9.49. The largest absolute Gasteiger partial charge is 0.336 e. The molecule has 1 amide bonds. The Morgan fingerprint density at radius 2 is 1.93 bits per heavy atom. The van der Waals surface area contributed by atoms with E-state index in [4.69, 9.17) is 4.98 Å². The molecular weight excluding hydrogens is 338 g/mol. The lowest BCUT2D eigenvalue weighted by atomic mass is 9.77. The summed E-state index contributed by atoms with van der Waals surface area (Å²) in [5, 5.41) is 0. The lowest BCUT2D eigenvalue weighted by Gasteiger charge is -2.40. The summed E-state index contributed by atoms with van der Waals surface area (Å²) in [4.78, 5) is 33.2. The van der Waals surface area contributed by atoms with Crippen LogP contribution in [0.25, 0.3) is 11.0 Å². The van der Waals surface area contributed by atoms with Crippen LogP contribution in [0.1, 0.15) is 46.8 Å². The Morgan fingerprint density at radius 1 is 1.07 bits per heavy atom. The molecule has 6 heteroatoms. The highest BCUT2D eigenvalue weighted by Gasteiger charge is 2.44. The van der Waals surface area contributed by atoms with Gasteiger partial charge in [-0.15, -0.1) is 0 Å². The van der Waals surface area contributed by atoms with Gasteiger partial charge in [0.2, 0.25) is 0 Å². The zero-order valence-electron chi connectivity index (χ0n) is 15.4. The van der Waals surface area contributed by atoms with E-state index >= 15 is 0 Å². The fourth-order valence-corrected chi connectivity index (χ4v) is 4.55. The van der Waals surface area contributed by atoms with Crippen molar-refractivity contribution in [3.8, 4) is 0 Å². The van der Waals surface area contributed by atoms with Crippen LogP contribution in [-0.2, 0) is 11.8 Å². The molecule has 0 radical (unpaired) electrons. The third-order valence-electron chi connectivity index (χ3n) is 5.89. The van der Waals surface area contributed by atoms with Gasteiger partial charge in [-0.3, -0.25) is 9.78 Å². The van der Waals surface area contributed by atoms with E-state index in [0.29, 0.717) is 12.2 Å². The van der Waals surface area contributed by atoms with Gasteiger partial charge in [0.25, 0.3) is 5.91 Å². The van der Waals surface area contributed by atoms with Crippen LogP contribution in [0, 0.1) is 6.92 Å². The lowest BCUT2D eigenvalue weighted by Crippen LogP contribution is -2.48. The van der Waals surface area contributed by atoms with E-state index in [2.05, 4.69) is 15.0 Å². The number of piperidine rings is 1. The summed E-state index contributed by atoms with van der Waals surface area (Å²) in [6, 6.07) is 7.64. The molecule has 136 valence electrons. The highest BCUT2D eigenvalue weighted by atomic mass is 16.2. The van der Waals surface area contributed by atoms with Crippen LogP contribution < -0.4 is 0 Å². The number of likely N-dealkylation sites (tertiary alicyclic amines) is 1. The molecule has 0 bridgehead atoms. The zero-order valence-corrected chi connectivity index (χ0v) is 15.4. The van der Waals surface area contributed by atoms with Crippen LogP contribution in [-0.4, -0.2) is 43.8 Å². The summed E-state index contributed by atoms with van der Waals surface area (Å²) in [7, 11) is 0. The molecule has 1 fully saturated rings. The summed E-state index contributed by atoms with van der Waals surface area (Å²) in [5.74, 6) is 0.769. The third-order valence-corrected chi connectivity index (χ3v) is 5.89. The van der Waals surface area contributed by atoms with Gasteiger partial charge in [0.15, 0.2) is 0 Å². The maximum absolute atomic E-state index is 13.2. The number of amides is 1. The first-order chi connectivity index (χ1) is 13.1. The van der Waals surface area contributed by atoms with E-state index < -0.39 is 0 Å². The van der Waals surface area contributed by atoms with Crippen molar-refractivity contribution in [2.24, 2.45) is 0 Å². The van der Waals surface area contributed by atoms with Crippen LogP contribution in [0.15, 0.2) is 36.7 Å². The van der Waals surface area contributed by atoms with Gasteiger partial charge >= 0.3 is 0 Å². The van der Waals surface area contributed by atoms with Crippen LogP contribution >= 0.6 is 0 Å². The maximum Gasteiger partial charge on any atom is 0.274 e. The van der Waals surface area contributed by atoms with Gasteiger partial charge in [-0.05, 0) is 50.3 Å². The van der Waals surface area contributed by atoms with Gasteiger partial charge in [-0.25, -0.2) is 15.0 Å². The molecule has 27 heavy (non-hydrogen) atoms. The Bertz CT molecular complexity index is 1050. The third kappa shape index (κ3) is 2.67. The Labute approximate surface area is 157 Å². The van der Waals surface area contributed by atoms with Gasteiger partial charge in [0, 0.05) is 24.7 Å². The molecule has 1 aliphatic carbocycles. The van der Waals surface area contributed by atoms with Gasteiger partial charge in [0.1, 0.15) is 11.5 Å². The van der Waals surface area contributed by atoms with Crippen LogP contribution in [0.2, 0.25) is 0 Å². The number of aryl methyl sites for hydroxylation is 2. The van der Waals surface area contributed by atoms with Gasteiger partial charge in [0.05, 0.1) is 22.9 Å². The van der Waals surface area contributed by atoms with Crippen molar-refractivity contribution in [2.45, 2.75) is 38.0 Å². The van der Waals surface area contributed by atoms with Crippen molar-refractivity contribution in [1.82, 2.24) is 24.8 Å². The standard InChI is InChI=1S/C21H21N5O/c1-14-22-11-15-7-9-21(19(15)24-14)8-4-10-26(13-21)20(27)18-12-23-16-5-2-3-6-17(16)25-18/h2-3,5-6,11-12H,4,7-10,13H2,1H3. The summed E-state index contributed by atoms with van der Waals surface area (Å²) in [6.07, 6.45) is 7.64. The fraction of sp³-hybridized carbons (Fsp3) is 0.381. The summed E-state index contributed by atoms with van der Waals surface area (Å²) in [5.41, 5.74) is 4.33. The molecule has 1 unspecified atom stereocenters. The highest BCUT2D eigenvalue weighted by molar-refractivity contribution is 5.94. The Hall–Kier alpha value is -2.89. The molecule has 0 saturated carbocycles. The van der Waals surface area contributed by atoms with Crippen molar-refractivity contribution < 1.29 is 4.79 Å². The number of carbonyl (C=O) groups is 1. The fourth-order valence-electron chi connectivity index (χ4n) is 4.55. The van der Waals surface area contributed by atoms with Gasteiger partial charge in [-0.2, -0.15) is 0 Å². The van der Waals surface area contributed by atoms with E-state index in [1.807, 2.05) is 42.3 Å². The Morgan fingerprint density at radius 3 is 2.81 bits per heavy atom. The Kier molecular flexibility index (Phi) is 3.67. The van der Waals surface area contributed by atoms with Crippen molar-refractivity contribution in [3.63, 3.8) is 0 Å². The first-order valence-electron chi connectivity index (χ1n) is 9.49. The molecule has 1 atom stereocenters. The van der Waals surface area contributed by atoms with Crippen molar-refractivity contribution >= 4 is 16.9 Å².